The Kier molecular flexibility index (Phi) is 7.34. The predicted octanol–water partition coefficient (Wildman–Crippen LogP) is 11.1. The minimum atomic E-state index is 0.199. The van der Waals surface area contributed by atoms with Crippen LogP contribution in [0.25, 0.3) is 46.4 Å². The topological polar surface area (TPSA) is 57.4 Å². The lowest BCUT2D eigenvalue weighted by Crippen LogP contribution is -2.04. The first-order valence-corrected chi connectivity index (χ1v) is 17.3. The Morgan fingerprint density at radius 2 is 0.688 bits per heavy atom. The normalized spacial score (nSPS) is 23.5. The van der Waals surface area contributed by atoms with Crippen LogP contribution in [0.5, 0.6) is 0 Å². The number of fused-ring (bicyclic) bond motifs is 8. The van der Waals surface area contributed by atoms with Crippen molar-refractivity contribution in [3.05, 3.63) is 167 Å². The Morgan fingerprint density at radius 3 is 1.04 bits per heavy atom. The average Bonchev–Trinajstić information content (AvgIpc) is 3.98. The molecule has 4 atom stereocenters. The summed E-state index contributed by atoms with van der Waals surface area (Å²) in [4.78, 5) is 18.7. The molecule has 0 radical (unpaired) electrons. The van der Waals surface area contributed by atoms with Crippen molar-refractivity contribution in [1.29, 1.82) is 0 Å². The maximum atomic E-state index is 5.44. The van der Waals surface area contributed by atoms with E-state index >= 15 is 0 Å². The van der Waals surface area contributed by atoms with E-state index in [0.717, 1.165) is 70.5 Å². The lowest BCUT2D eigenvalue weighted by atomic mass is 9.90. The second-order valence-electron chi connectivity index (χ2n) is 13.3. The van der Waals surface area contributed by atoms with E-state index in [1.165, 1.54) is 22.3 Å². The molecule has 0 saturated heterocycles. The van der Waals surface area contributed by atoms with Crippen LogP contribution < -0.4 is 0 Å². The summed E-state index contributed by atoms with van der Waals surface area (Å²) in [6.45, 7) is 0. The zero-order chi connectivity index (χ0) is 31.9. The highest BCUT2D eigenvalue weighted by molar-refractivity contribution is 5.85. The van der Waals surface area contributed by atoms with Gasteiger partial charge in [-0.15, -0.1) is 0 Å². The van der Waals surface area contributed by atoms with Crippen LogP contribution in [0.2, 0.25) is 0 Å². The molecule has 0 saturated carbocycles. The van der Waals surface area contributed by atoms with Gasteiger partial charge in [-0.3, -0.25) is 0 Å². The number of aromatic nitrogens is 4. The van der Waals surface area contributed by atoms with Gasteiger partial charge < -0.3 is 9.97 Å². The first-order valence-electron chi connectivity index (χ1n) is 17.3. The van der Waals surface area contributed by atoms with Crippen molar-refractivity contribution in [2.75, 3.05) is 0 Å². The van der Waals surface area contributed by atoms with Gasteiger partial charge in [0.2, 0.25) is 0 Å². The SMILES string of the molecule is C1=CCC(c2c3nc(c(C4C=CC=CC4)c4ccc([nH]4)c(C4C=CC=CC4)c4ccc([nH]4)c(C4C=CC=CC4)c4nc2C=C4)C=C3)C=C1. The number of hydrogen-bond donors (Lipinski definition) is 2. The smallest absolute Gasteiger partial charge is 0.0697 e. The minimum Gasteiger partial charge on any atom is -0.355 e. The van der Waals surface area contributed by atoms with Crippen LogP contribution in [-0.2, 0) is 0 Å². The van der Waals surface area contributed by atoms with Gasteiger partial charge in [-0.2, -0.15) is 0 Å². The third-order valence-corrected chi connectivity index (χ3v) is 10.3. The molecule has 2 N–H and O–H groups in total. The zero-order valence-corrected chi connectivity index (χ0v) is 26.9. The first-order chi connectivity index (χ1) is 23.8. The van der Waals surface area contributed by atoms with Gasteiger partial charge in [0.15, 0.2) is 0 Å². The maximum absolute atomic E-state index is 5.44. The second-order valence-corrected chi connectivity index (χ2v) is 13.3. The Bertz CT molecular complexity index is 2140. The third-order valence-electron chi connectivity index (χ3n) is 10.3. The van der Waals surface area contributed by atoms with Crippen molar-refractivity contribution >= 4 is 46.4 Å². The van der Waals surface area contributed by atoms with Crippen LogP contribution >= 0.6 is 0 Å². The molecule has 234 valence electrons. The van der Waals surface area contributed by atoms with Gasteiger partial charge in [0.25, 0.3) is 0 Å². The molecule has 4 unspecified atom stereocenters. The second kappa shape index (κ2) is 12.3. The van der Waals surface area contributed by atoms with Crippen LogP contribution in [0.3, 0.4) is 0 Å². The summed E-state index contributed by atoms with van der Waals surface area (Å²) in [6.07, 6.45) is 48.2. The minimum absolute atomic E-state index is 0.199. The Labute approximate surface area is 281 Å². The summed E-state index contributed by atoms with van der Waals surface area (Å²) in [5.74, 6) is 0.891. The largest absolute Gasteiger partial charge is 0.355 e. The predicted molar refractivity (Wildman–Crippen MR) is 201 cm³/mol. The number of aromatic amines is 2. The Hall–Kier alpha value is -5.48. The van der Waals surface area contributed by atoms with E-state index < -0.39 is 0 Å². The van der Waals surface area contributed by atoms with Gasteiger partial charge in [-0.05, 0) is 74.3 Å². The van der Waals surface area contributed by atoms with Crippen LogP contribution in [0, 0.1) is 0 Å². The summed E-state index contributed by atoms with van der Waals surface area (Å²) in [7, 11) is 0. The van der Waals surface area contributed by atoms with Gasteiger partial charge in [0.1, 0.15) is 0 Å². The molecule has 6 aliphatic rings. The lowest BCUT2D eigenvalue weighted by molar-refractivity contribution is 0.831. The summed E-state index contributed by atoms with van der Waals surface area (Å²) in [5.41, 5.74) is 13.5. The molecule has 4 nitrogen and oxygen atoms in total. The first kappa shape index (κ1) is 28.7. The van der Waals surface area contributed by atoms with Crippen molar-refractivity contribution < 1.29 is 0 Å². The van der Waals surface area contributed by atoms with Crippen molar-refractivity contribution in [1.82, 2.24) is 19.9 Å². The fourth-order valence-corrected chi connectivity index (χ4v) is 8.03. The standard InChI is InChI=1S/C44H38N4/c1-5-13-29(14-6-1)41-33-21-23-35(45-33)42(30-15-7-2-8-16-30)37-25-27-39(47-37)44(32-19-11-4-12-20-32)40-28-26-38(48-40)43(31-17-9-3-10-18-31)36-24-22-34(41)46-36/h1-13,15,17,19,21-32,45-46H,14,16,18,20H2. The molecule has 3 aromatic rings. The highest BCUT2D eigenvalue weighted by Gasteiger charge is 2.25. The monoisotopic (exact) mass is 622 g/mol. The molecule has 0 amide bonds. The molecule has 48 heavy (non-hydrogen) atoms. The van der Waals surface area contributed by atoms with E-state index in [1.807, 2.05) is 0 Å². The quantitative estimate of drug-likeness (QED) is 0.209. The molecule has 9 rings (SSSR count). The highest BCUT2D eigenvalue weighted by atomic mass is 14.8. The summed E-state index contributed by atoms with van der Waals surface area (Å²) in [5, 5.41) is 0. The number of H-pyrrole nitrogens is 2. The molecule has 0 spiro atoms. The number of allylic oxidation sites excluding steroid dienone is 16. The summed E-state index contributed by atoms with van der Waals surface area (Å²) >= 11 is 0. The van der Waals surface area contributed by atoms with E-state index in [1.54, 1.807) is 0 Å². The van der Waals surface area contributed by atoms with Crippen LogP contribution in [0.1, 0.15) is 94.4 Å². The number of nitrogens with one attached hydrogen (secondary N) is 2. The van der Waals surface area contributed by atoms with E-state index in [0.29, 0.717) is 0 Å². The van der Waals surface area contributed by atoms with Crippen LogP contribution in [0.4, 0.5) is 0 Å². The highest BCUT2D eigenvalue weighted by Crippen LogP contribution is 2.39. The Morgan fingerprint density at radius 1 is 0.375 bits per heavy atom. The fourth-order valence-electron chi connectivity index (χ4n) is 8.03. The maximum Gasteiger partial charge on any atom is 0.0697 e. The molecule has 4 aliphatic carbocycles. The summed E-state index contributed by atoms with van der Waals surface area (Å²) in [6, 6.07) is 9.05. The van der Waals surface area contributed by atoms with E-state index in [9.17, 15) is 0 Å². The van der Waals surface area contributed by atoms with E-state index in [2.05, 4.69) is 156 Å². The van der Waals surface area contributed by atoms with Crippen molar-refractivity contribution in [3.63, 3.8) is 0 Å². The fraction of sp³-hybridized carbons (Fsp3) is 0.182. The zero-order valence-electron chi connectivity index (χ0n) is 26.9. The molecule has 0 aromatic carbocycles. The molecule has 4 heteroatoms. The number of rotatable bonds is 4. The molecule has 8 bridgehead atoms. The molecular weight excluding hydrogens is 585 g/mol. The van der Waals surface area contributed by atoms with Crippen molar-refractivity contribution in [3.8, 4) is 0 Å². The number of nitrogens with zero attached hydrogens (tertiary/aromatic N) is 2. The van der Waals surface area contributed by atoms with Gasteiger partial charge in [0.05, 0.1) is 22.8 Å². The third kappa shape index (κ3) is 5.18. The van der Waals surface area contributed by atoms with Gasteiger partial charge >= 0.3 is 0 Å². The molecule has 3 aromatic heterocycles. The molecule has 0 fully saturated rings. The van der Waals surface area contributed by atoms with Gasteiger partial charge in [-0.1, -0.05) is 97.2 Å². The molecular formula is C44H38N4. The van der Waals surface area contributed by atoms with Gasteiger partial charge in [0, 0.05) is 68.0 Å². The van der Waals surface area contributed by atoms with E-state index in [-0.39, 0.29) is 23.7 Å². The van der Waals surface area contributed by atoms with Crippen molar-refractivity contribution in [2.24, 2.45) is 0 Å². The number of hydrogen-bond acceptors (Lipinski definition) is 2. The van der Waals surface area contributed by atoms with Crippen LogP contribution in [-0.4, -0.2) is 19.9 Å². The average molecular weight is 623 g/mol. The van der Waals surface area contributed by atoms with E-state index in [4.69, 9.17) is 9.97 Å². The molecule has 5 heterocycles. The van der Waals surface area contributed by atoms with Crippen molar-refractivity contribution in [2.45, 2.75) is 49.4 Å². The van der Waals surface area contributed by atoms with Gasteiger partial charge in [-0.25, -0.2) is 9.97 Å². The summed E-state index contributed by atoms with van der Waals surface area (Å²) < 4.78 is 0. The van der Waals surface area contributed by atoms with Crippen LogP contribution in [0.15, 0.2) is 121 Å². The Balaban J connectivity index is 1.41. The lowest BCUT2D eigenvalue weighted by Gasteiger charge is -2.17. The molecule has 2 aliphatic heterocycles.